The summed E-state index contributed by atoms with van der Waals surface area (Å²) in [4.78, 5) is 4.48. The Kier molecular flexibility index (Phi) is 4.36. The summed E-state index contributed by atoms with van der Waals surface area (Å²) >= 11 is 2.02. The molecule has 112 valence electrons. The van der Waals surface area contributed by atoms with Crippen molar-refractivity contribution in [1.29, 1.82) is 0 Å². The van der Waals surface area contributed by atoms with E-state index in [9.17, 15) is 0 Å². The molecule has 3 rings (SSSR count). The Balaban J connectivity index is 1.69. The second-order valence-electron chi connectivity index (χ2n) is 5.81. The average Bonchev–Trinajstić information content (AvgIpc) is 2.84. The van der Waals surface area contributed by atoms with E-state index in [4.69, 9.17) is 0 Å². The maximum absolute atomic E-state index is 4.48. The largest absolute Gasteiger partial charge is 0.310 e. The van der Waals surface area contributed by atoms with Gasteiger partial charge in [0, 0.05) is 23.5 Å². The fraction of sp³-hybridized carbons (Fsp3) is 0.471. The van der Waals surface area contributed by atoms with Crippen LogP contribution >= 0.6 is 11.8 Å². The number of aryl methyl sites for hydroxylation is 1. The Morgan fingerprint density at radius 2 is 2.05 bits per heavy atom. The molecule has 0 atom stereocenters. The van der Waals surface area contributed by atoms with Gasteiger partial charge in [0.2, 0.25) is 0 Å². The summed E-state index contributed by atoms with van der Waals surface area (Å²) < 4.78 is 2.71. The molecule has 0 unspecified atom stereocenters. The molecule has 1 aromatic carbocycles. The maximum atomic E-state index is 4.48. The van der Waals surface area contributed by atoms with Gasteiger partial charge in [-0.05, 0) is 38.2 Å². The fourth-order valence-electron chi connectivity index (χ4n) is 2.99. The maximum Gasteiger partial charge on any atom is 0.110 e. The SMILES string of the molecule is CSC1(CNCc2cnc(C)n2-c2ccccc2)CCC1. The van der Waals surface area contributed by atoms with Crippen LogP contribution in [0.1, 0.15) is 30.8 Å². The van der Waals surface area contributed by atoms with E-state index < -0.39 is 0 Å². The number of nitrogens with one attached hydrogen (secondary N) is 1. The van der Waals surface area contributed by atoms with Crippen LogP contribution in [0.15, 0.2) is 36.5 Å². The highest BCUT2D eigenvalue weighted by Gasteiger charge is 2.35. The molecule has 1 N–H and O–H groups in total. The van der Waals surface area contributed by atoms with Crippen LogP contribution in [0.3, 0.4) is 0 Å². The summed E-state index contributed by atoms with van der Waals surface area (Å²) in [5.74, 6) is 1.04. The number of para-hydroxylation sites is 1. The monoisotopic (exact) mass is 301 g/mol. The minimum Gasteiger partial charge on any atom is -0.310 e. The molecule has 1 aromatic heterocycles. The van der Waals surface area contributed by atoms with Crippen molar-refractivity contribution in [2.45, 2.75) is 37.5 Å². The first-order valence-electron chi connectivity index (χ1n) is 7.59. The van der Waals surface area contributed by atoms with Crippen LogP contribution < -0.4 is 5.32 Å². The molecule has 1 aliphatic rings. The number of benzene rings is 1. The molecule has 1 saturated carbocycles. The Labute approximate surface area is 131 Å². The molecule has 2 aromatic rings. The summed E-state index contributed by atoms with van der Waals surface area (Å²) in [5, 5.41) is 3.64. The molecule has 4 heteroatoms. The lowest BCUT2D eigenvalue weighted by atomic mass is 9.84. The number of hydrogen-bond donors (Lipinski definition) is 1. The van der Waals surface area contributed by atoms with E-state index in [1.807, 2.05) is 24.0 Å². The van der Waals surface area contributed by atoms with E-state index >= 15 is 0 Å². The van der Waals surface area contributed by atoms with Gasteiger partial charge >= 0.3 is 0 Å². The van der Waals surface area contributed by atoms with Gasteiger partial charge in [-0.25, -0.2) is 4.98 Å². The number of nitrogens with zero attached hydrogens (tertiary/aromatic N) is 2. The molecule has 21 heavy (non-hydrogen) atoms. The quantitative estimate of drug-likeness (QED) is 0.885. The van der Waals surface area contributed by atoms with E-state index in [1.165, 1.54) is 30.6 Å². The predicted octanol–water partition coefficient (Wildman–Crippen LogP) is 3.56. The zero-order chi connectivity index (χ0) is 14.7. The van der Waals surface area contributed by atoms with Crippen molar-refractivity contribution >= 4 is 11.8 Å². The lowest BCUT2D eigenvalue weighted by molar-refractivity contribution is 0.344. The van der Waals surface area contributed by atoms with Crippen LogP contribution in [0.25, 0.3) is 5.69 Å². The van der Waals surface area contributed by atoms with Gasteiger partial charge in [0.25, 0.3) is 0 Å². The Morgan fingerprint density at radius 1 is 1.29 bits per heavy atom. The van der Waals surface area contributed by atoms with Crippen LogP contribution in [-0.2, 0) is 6.54 Å². The van der Waals surface area contributed by atoms with Gasteiger partial charge in [-0.15, -0.1) is 0 Å². The standard InChI is InChI=1S/C17H23N3S/c1-14-19-12-16(20(14)15-7-4-3-5-8-15)11-18-13-17(21-2)9-6-10-17/h3-5,7-8,12,18H,6,9-11,13H2,1-2H3. The summed E-state index contributed by atoms with van der Waals surface area (Å²) in [6.45, 7) is 4.02. The lowest BCUT2D eigenvalue weighted by Gasteiger charge is -2.40. The van der Waals surface area contributed by atoms with Crippen LogP contribution in [0, 0.1) is 6.92 Å². The summed E-state index contributed by atoms with van der Waals surface area (Å²) in [6, 6.07) is 10.5. The fourth-order valence-corrected chi connectivity index (χ4v) is 3.93. The average molecular weight is 301 g/mol. The van der Waals surface area contributed by atoms with Gasteiger partial charge in [-0.3, -0.25) is 4.57 Å². The molecule has 0 amide bonds. The normalized spacial score (nSPS) is 16.7. The van der Waals surface area contributed by atoms with Crippen LogP contribution in [-0.4, -0.2) is 27.1 Å². The first-order valence-corrected chi connectivity index (χ1v) is 8.81. The lowest BCUT2D eigenvalue weighted by Crippen LogP contribution is -2.43. The Hall–Kier alpha value is -1.26. The minimum absolute atomic E-state index is 0.479. The zero-order valence-corrected chi connectivity index (χ0v) is 13.6. The third-order valence-electron chi connectivity index (χ3n) is 4.48. The molecular formula is C17H23N3S. The molecule has 1 heterocycles. The third kappa shape index (κ3) is 3.01. The van der Waals surface area contributed by atoms with Crippen LogP contribution in [0.2, 0.25) is 0 Å². The molecule has 1 aliphatic carbocycles. The highest BCUT2D eigenvalue weighted by Crippen LogP contribution is 2.42. The van der Waals surface area contributed by atoms with Gasteiger partial charge in [-0.1, -0.05) is 24.6 Å². The summed E-state index contributed by atoms with van der Waals surface area (Å²) in [5.41, 5.74) is 2.42. The van der Waals surface area contributed by atoms with Crippen molar-refractivity contribution in [1.82, 2.24) is 14.9 Å². The first kappa shape index (κ1) is 14.7. The molecule has 0 radical (unpaired) electrons. The number of thioether (sulfide) groups is 1. The zero-order valence-electron chi connectivity index (χ0n) is 12.8. The van der Waals surface area contributed by atoms with Gasteiger partial charge in [0.1, 0.15) is 5.82 Å². The third-order valence-corrected chi connectivity index (χ3v) is 5.90. The molecule has 0 spiro atoms. The van der Waals surface area contributed by atoms with E-state index in [0.29, 0.717) is 4.75 Å². The van der Waals surface area contributed by atoms with Gasteiger partial charge in [0.05, 0.1) is 11.9 Å². The number of hydrogen-bond acceptors (Lipinski definition) is 3. The second kappa shape index (κ2) is 6.24. The van der Waals surface area contributed by atoms with Crippen molar-refractivity contribution < 1.29 is 0 Å². The van der Waals surface area contributed by atoms with Crippen molar-refractivity contribution in [2.75, 3.05) is 12.8 Å². The van der Waals surface area contributed by atoms with Crippen LogP contribution in [0.4, 0.5) is 0 Å². The van der Waals surface area contributed by atoms with Crippen molar-refractivity contribution in [3.05, 3.63) is 48.0 Å². The molecular weight excluding hydrogens is 278 g/mol. The van der Waals surface area contributed by atoms with E-state index in [2.05, 4.69) is 52.3 Å². The Bertz CT molecular complexity index is 582. The topological polar surface area (TPSA) is 29.9 Å². The highest BCUT2D eigenvalue weighted by molar-refractivity contribution is 8.00. The van der Waals surface area contributed by atoms with Gasteiger partial charge in [0.15, 0.2) is 0 Å². The molecule has 1 fully saturated rings. The van der Waals surface area contributed by atoms with Crippen molar-refractivity contribution in [2.24, 2.45) is 0 Å². The number of aromatic nitrogens is 2. The highest BCUT2D eigenvalue weighted by atomic mass is 32.2. The molecule has 0 bridgehead atoms. The first-order chi connectivity index (χ1) is 10.2. The number of imidazole rings is 1. The summed E-state index contributed by atoms with van der Waals surface area (Å²) in [6.07, 6.45) is 8.29. The smallest absolute Gasteiger partial charge is 0.110 e. The van der Waals surface area contributed by atoms with Gasteiger partial charge < -0.3 is 5.32 Å². The second-order valence-corrected chi connectivity index (χ2v) is 7.09. The molecule has 0 aliphatic heterocycles. The Morgan fingerprint density at radius 3 is 2.67 bits per heavy atom. The predicted molar refractivity (Wildman–Crippen MR) is 90.1 cm³/mol. The van der Waals surface area contributed by atoms with Gasteiger partial charge in [-0.2, -0.15) is 11.8 Å². The van der Waals surface area contributed by atoms with Crippen molar-refractivity contribution in [3.63, 3.8) is 0 Å². The molecule has 0 saturated heterocycles. The number of rotatable bonds is 6. The van der Waals surface area contributed by atoms with E-state index in [-0.39, 0.29) is 0 Å². The van der Waals surface area contributed by atoms with Crippen LogP contribution in [0.5, 0.6) is 0 Å². The van der Waals surface area contributed by atoms with Crippen molar-refractivity contribution in [3.8, 4) is 5.69 Å². The summed E-state index contributed by atoms with van der Waals surface area (Å²) in [7, 11) is 0. The van der Waals surface area contributed by atoms with E-state index in [0.717, 1.165) is 18.9 Å². The van der Waals surface area contributed by atoms with E-state index in [1.54, 1.807) is 0 Å². The minimum atomic E-state index is 0.479. The molecule has 3 nitrogen and oxygen atoms in total.